The molecule has 4 rings (SSSR count). The number of ether oxygens (including phenoxy) is 1. The molecule has 0 aliphatic carbocycles. The number of nitrogens with one attached hydrogen (secondary N) is 1. The summed E-state index contributed by atoms with van der Waals surface area (Å²) in [6, 6.07) is 15.3. The number of anilines is 2. The number of benzene rings is 3. The number of para-hydroxylation sites is 2. The molecule has 0 unspecified atom stereocenters. The number of rotatable bonds is 8. The van der Waals surface area contributed by atoms with Crippen LogP contribution in [0.1, 0.15) is 25.8 Å². The Bertz CT molecular complexity index is 1580. The Kier molecular flexibility index (Phi) is 8.84. The topological polar surface area (TPSA) is 113 Å². The maximum absolute atomic E-state index is 14.2. The van der Waals surface area contributed by atoms with Crippen LogP contribution in [-0.4, -0.2) is 57.8 Å². The number of nitrogens with zero attached hydrogens (tertiary/aromatic N) is 2. The van der Waals surface area contributed by atoms with Gasteiger partial charge in [-0.3, -0.25) is 14.4 Å². The molecular weight excluding hydrogens is 598 g/mol. The highest BCUT2D eigenvalue weighted by molar-refractivity contribution is 9.10. The van der Waals surface area contributed by atoms with Gasteiger partial charge in [-0.15, -0.1) is 0 Å². The minimum Gasteiger partial charge on any atom is -0.496 e. The predicted molar refractivity (Wildman–Crippen MR) is 159 cm³/mol. The molecule has 3 aromatic carbocycles. The Hall–Kier alpha value is -3.44. The fourth-order valence-corrected chi connectivity index (χ4v) is 5.74. The molecule has 0 aromatic heterocycles. The van der Waals surface area contributed by atoms with Crippen LogP contribution < -0.4 is 19.9 Å². The number of carbonyl (C=O) groups excluding carboxylic acids is 3. The number of amides is 3. The lowest BCUT2D eigenvalue weighted by molar-refractivity contribution is -0.129. The van der Waals surface area contributed by atoms with Gasteiger partial charge < -0.3 is 19.9 Å². The van der Waals surface area contributed by atoms with Crippen molar-refractivity contribution in [2.45, 2.75) is 32.9 Å². The summed E-state index contributed by atoms with van der Waals surface area (Å²) in [5.41, 5.74) is 1.55. The van der Waals surface area contributed by atoms with Crippen LogP contribution in [0.3, 0.4) is 0 Å². The zero-order chi connectivity index (χ0) is 29.2. The molecule has 0 radical (unpaired) electrons. The summed E-state index contributed by atoms with van der Waals surface area (Å²) in [7, 11) is -2.10. The summed E-state index contributed by atoms with van der Waals surface area (Å²) in [5.74, 6) is -1.93. The Balaban J connectivity index is 1.88. The average Bonchev–Trinajstić information content (AvgIpc) is 3.02. The molecular formula is C29H32BrN3O6S. The minimum absolute atomic E-state index is 0.0851. The Morgan fingerprint density at radius 1 is 1.12 bits per heavy atom. The molecule has 3 amide bonds. The first kappa shape index (κ1) is 29.5. The van der Waals surface area contributed by atoms with Gasteiger partial charge >= 0.3 is 0 Å². The molecule has 11 heteroatoms. The van der Waals surface area contributed by atoms with Crippen LogP contribution in [0, 0.1) is 5.92 Å². The Morgan fingerprint density at radius 2 is 1.82 bits per heavy atom. The van der Waals surface area contributed by atoms with Crippen molar-refractivity contribution in [3.63, 3.8) is 0 Å². The lowest BCUT2D eigenvalue weighted by atomic mass is 10.0. The van der Waals surface area contributed by atoms with Crippen molar-refractivity contribution in [3.05, 3.63) is 64.6 Å². The second-order valence-corrected chi connectivity index (χ2v) is 13.0. The normalized spacial score (nSPS) is 16.3. The van der Waals surface area contributed by atoms with Crippen LogP contribution >= 0.6 is 15.9 Å². The highest BCUT2D eigenvalue weighted by Gasteiger charge is 2.38. The van der Waals surface area contributed by atoms with Gasteiger partial charge in [0.2, 0.25) is 11.8 Å². The molecule has 1 aliphatic rings. The zero-order valence-corrected chi connectivity index (χ0v) is 25.2. The summed E-state index contributed by atoms with van der Waals surface area (Å²) in [4.78, 5) is 43.3. The smallest absolute Gasteiger partial charge is 0.251 e. The number of fused-ring (bicyclic) bond motifs is 2. The van der Waals surface area contributed by atoms with Crippen molar-refractivity contribution in [3.8, 4) is 5.75 Å². The molecule has 40 heavy (non-hydrogen) atoms. The van der Waals surface area contributed by atoms with Gasteiger partial charge in [-0.1, -0.05) is 54.0 Å². The molecule has 3 aromatic rings. The molecule has 1 N–H and O–H groups in total. The number of carbonyl (C=O) groups is 3. The van der Waals surface area contributed by atoms with Gasteiger partial charge in [-0.2, -0.15) is 0 Å². The van der Waals surface area contributed by atoms with E-state index in [0.717, 1.165) is 27.1 Å². The summed E-state index contributed by atoms with van der Waals surface area (Å²) in [6.07, 6.45) is 1.55. The van der Waals surface area contributed by atoms with E-state index in [9.17, 15) is 22.8 Å². The van der Waals surface area contributed by atoms with E-state index >= 15 is 0 Å². The highest BCUT2D eigenvalue weighted by atomic mass is 79.9. The van der Waals surface area contributed by atoms with Crippen molar-refractivity contribution in [2.75, 3.05) is 35.5 Å². The van der Waals surface area contributed by atoms with Crippen LogP contribution in [0.25, 0.3) is 10.8 Å². The van der Waals surface area contributed by atoms with Gasteiger partial charge in [0.25, 0.3) is 5.91 Å². The highest BCUT2D eigenvalue weighted by Crippen LogP contribution is 2.37. The maximum atomic E-state index is 14.2. The van der Waals surface area contributed by atoms with Gasteiger partial charge in [-0.05, 0) is 47.5 Å². The molecule has 0 fully saturated rings. The minimum atomic E-state index is -3.65. The lowest BCUT2D eigenvalue weighted by Gasteiger charge is -2.27. The third kappa shape index (κ3) is 6.31. The largest absolute Gasteiger partial charge is 0.496 e. The summed E-state index contributed by atoms with van der Waals surface area (Å²) < 4.78 is 30.7. The Morgan fingerprint density at radius 3 is 2.48 bits per heavy atom. The molecule has 2 atom stereocenters. The van der Waals surface area contributed by atoms with Crippen molar-refractivity contribution in [1.29, 1.82) is 0 Å². The fourth-order valence-electron chi connectivity index (χ4n) is 4.75. The van der Waals surface area contributed by atoms with Crippen molar-refractivity contribution in [2.24, 2.45) is 5.92 Å². The fraction of sp³-hybridized carbons (Fsp3) is 0.345. The first-order chi connectivity index (χ1) is 18.9. The number of sulfone groups is 1. The van der Waals surface area contributed by atoms with E-state index in [1.54, 1.807) is 38.3 Å². The molecule has 0 saturated heterocycles. The van der Waals surface area contributed by atoms with Gasteiger partial charge in [-0.25, -0.2) is 8.42 Å². The predicted octanol–water partition coefficient (Wildman–Crippen LogP) is 4.07. The van der Waals surface area contributed by atoms with Gasteiger partial charge in [0, 0.05) is 22.2 Å². The third-order valence-corrected chi connectivity index (χ3v) is 8.31. The van der Waals surface area contributed by atoms with Gasteiger partial charge in [0.05, 0.1) is 31.6 Å². The second-order valence-electron chi connectivity index (χ2n) is 9.97. The lowest BCUT2D eigenvalue weighted by Crippen LogP contribution is -2.54. The first-order valence-corrected chi connectivity index (χ1v) is 15.7. The van der Waals surface area contributed by atoms with E-state index in [-0.39, 0.29) is 24.9 Å². The molecule has 0 saturated carbocycles. The van der Waals surface area contributed by atoms with E-state index in [1.807, 2.05) is 37.3 Å². The van der Waals surface area contributed by atoms with Crippen molar-refractivity contribution >= 4 is 65.6 Å². The molecule has 9 nitrogen and oxygen atoms in total. The SMILES string of the molecule is CC[C@@H](C)C(=O)N[C@H]1CN(C(=O)CS(C)(=O)=O)c2ccccc2N(Cc2c(OC)ccc3cc(Br)ccc23)C1=O. The number of methoxy groups -OCH3 is 1. The van der Waals surface area contributed by atoms with Crippen LogP contribution in [0.2, 0.25) is 0 Å². The average molecular weight is 631 g/mol. The number of hydrogen-bond acceptors (Lipinski definition) is 6. The van der Waals surface area contributed by atoms with Crippen LogP contribution in [0.15, 0.2) is 59.1 Å². The molecule has 1 heterocycles. The van der Waals surface area contributed by atoms with E-state index in [1.165, 1.54) is 9.80 Å². The summed E-state index contributed by atoms with van der Waals surface area (Å²) >= 11 is 3.51. The maximum Gasteiger partial charge on any atom is 0.251 e. The quantitative estimate of drug-likeness (QED) is 0.402. The molecule has 1 aliphatic heterocycles. The third-order valence-electron chi connectivity index (χ3n) is 7.04. The summed E-state index contributed by atoms with van der Waals surface area (Å²) in [6.45, 7) is 3.51. The second kappa shape index (κ2) is 12.0. The number of halogens is 1. The van der Waals surface area contributed by atoms with Crippen LogP contribution in [0.5, 0.6) is 5.75 Å². The van der Waals surface area contributed by atoms with Crippen LogP contribution in [-0.2, 0) is 30.8 Å². The molecule has 212 valence electrons. The summed E-state index contributed by atoms with van der Waals surface area (Å²) in [5, 5.41) is 4.63. The van der Waals surface area contributed by atoms with Crippen molar-refractivity contribution in [1.82, 2.24) is 5.32 Å². The van der Waals surface area contributed by atoms with Gasteiger partial charge in [0.1, 0.15) is 17.5 Å². The van der Waals surface area contributed by atoms with Crippen LogP contribution in [0.4, 0.5) is 11.4 Å². The Labute approximate surface area is 242 Å². The van der Waals surface area contributed by atoms with Crippen molar-refractivity contribution < 1.29 is 27.5 Å². The van der Waals surface area contributed by atoms with E-state index < -0.39 is 33.4 Å². The molecule has 0 bridgehead atoms. The van der Waals surface area contributed by atoms with E-state index in [0.29, 0.717) is 23.5 Å². The number of hydrogen-bond donors (Lipinski definition) is 1. The van der Waals surface area contributed by atoms with E-state index in [2.05, 4.69) is 21.2 Å². The zero-order valence-electron chi connectivity index (χ0n) is 22.8. The van der Waals surface area contributed by atoms with Gasteiger partial charge in [0.15, 0.2) is 9.84 Å². The van der Waals surface area contributed by atoms with E-state index in [4.69, 9.17) is 4.74 Å². The first-order valence-electron chi connectivity index (χ1n) is 12.9. The standard InChI is InChI=1S/C29H32BrN3O6S/c1-5-18(2)28(35)31-23-16-32(27(34)17-40(4,37)38)24-8-6-7-9-25(24)33(29(23)36)15-22-21-12-11-20(30)14-19(21)10-13-26(22)39-3/h6-14,18,23H,5,15-17H2,1-4H3,(H,31,35)/t18-,23+/m1/s1. The monoisotopic (exact) mass is 629 g/mol. The molecule has 0 spiro atoms.